The minimum absolute atomic E-state index is 0.0758. The van der Waals surface area contributed by atoms with Gasteiger partial charge in [0.25, 0.3) is 5.91 Å². The molecule has 0 aliphatic carbocycles. The summed E-state index contributed by atoms with van der Waals surface area (Å²) < 4.78 is 1.91. The Bertz CT molecular complexity index is 1080. The third kappa shape index (κ3) is 4.36. The van der Waals surface area contributed by atoms with Crippen molar-refractivity contribution in [3.05, 3.63) is 63.8 Å². The quantitative estimate of drug-likeness (QED) is 0.652. The van der Waals surface area contributed by atoms with E-state index in [0.717, 1.165) is 33.1 Å². The maximum Gasteiger partial charge on any atom is 0.259 e. The van der Waals surface area contributed by atoms with E-state index < -0.39 is 5.91 Å². The number of nitrogens with zero attached hydrogens (tertiary/aromatic N) is 3. The van der Waals surface area contributed by atoms with Crippen molar-refractivity contribution in [3.8, 4) is 17.3 Å². The molecular weight excluding hydrogens is 336 g/mol. The molecule has 2 aromatic rings. The Morgan fingerprint density at radius 2 is 2.00 bits per heavy atom. The van der Waals surface area contributed by atoms with Crippen LogP contribution in [0.1, 0.15) is 12.6 Å². The van der Waals surface area contributed by atoms with Gasteiger partial charge in [-0.2, -0.15) is 5.26 Å². The number of carbonyl (C=O) groups excluding carboxylic acids is 1. The van der Waals surface area contributed by atoms with Crippen LogP contribution in [-0.2, 0) is 11.8 Å². The molecule has 0 atom stereocenters. The van der Waals surface area contributed by atoms with Crippen LogP contribution in [0.3, 0.4) is 0 Å². The van der Waals surface area contributed by atoms with Crippen LogP contribution in [0, 0.1) is 11.3 Å². The van der Waals surface area contributed by atoms with Gasteiger partial charge in [-0.25, -0.2) is 0 Å². The summed E-state index contributed by atoms with van der Waals surface area (Å²) in [5.41, 5.74) is 8.93. The Labute approximate surface area is 159 Å². The summed E-state index contributed by atoms with van der Waals surface area (Å²) in [5.74, 6) is -0.735. The first-order valence-corrected chi connectivity index (χ1v) is 8.50. The SMILES string of the molecule is C=c1cc(-c2ccc(/C=C(\C#N)C(N)=O)n2C)cc/c1=C/C(=CC)N(C)C. The summed E-state index contributed by atoms with van der Waals surface area (Å²) in [6.45, 7) is 6.18. The average molecular weight is 360 g/mol. The van der Waals surface area contributed by atoms with E-state index in [2.05, 4.69) is 23.6 Å². The number of benzene rings is 1. The molecule has 27 heavy (non-hydrogen) atoms. The molecule has 0 saturated carbocycles. The maximum atomic E-state index is 11.3. The van der Waals surface area contributed by atoms with E-state index in [1.807, 2.05) is 69.0 Å². The van der Waals surface area contributed by atoms with Gasteiger partial charge in [0.15, 0.2) is 0 Å². The van der Waals surface area contributed by atoms with Crippen LogP contribution in [0.25, 0.3) is 30.0 Å². The van der Waals surface area contributed by atoms with Crippen LogP contribution in [0.4, 0.5) is 0 Å². The summed E-state index contributed by atoms with van der Waals surface area (Å²) >= 11 is 0. The van der Waals surface area contributed by atoms with Crippen LogP contribution in [-0.4, -0.2) is 29.5 Å². The van der Waals surface area contributed by atoms with Crippen molar-refractivity contribution in [2.24, 2.45) is 12.8 Å². The van der Waals surface area contributed by atoms with Gasteiger partial charge >= 0.3 is 0 Å². The highest BCUT2D eigenvalue weighted by Gasteiger charge is 2.09. The van der Waals surface area contributed by atoms with E-state index in [9.17, 15) is 4.79 Å². The molecule has 5 nitrogen and oxygen atoms in total. The zero-order valence-corrected chi connectivity index (χ0v) is 16.2. The number of aromatic nitrogens is 1. The fraction of sp³-hybridized carbons (Fsp3) is 0.182. The van der Waals surface area contributed by atoms with E-state index in [1.165, 1.54) is 6.08 Å². The molecular formula is C22H24N4O. The van der Waals surface area contributed by atoms with E-state index >= 15 is 0 Å². The summed E-state index contributed by atoms with van der Waals surface area (Å²) in [6, 6.07) is 11.7. The van der Waals surface area contributed by atoms with Crippen molar-refractivity contribution in [3.63, 3.8) is 0 Å². The monoisotopic (exact) mass is 360 g/mol. The third-order valence-electron chi connectivity index (χ3n) is 4.39. The topological polar surface area (TPSA) is 75.0 Å². The van der Waals surface area contributed by atoms with Crippen molar-refractivity contribution in [1.82, 2.24) is 9.47 Å². The first-order chi connectivity index (χ1) is 12.8. The minimum atomic E-state index is -0.735. The number of amides is 1. The fourth-order valence-corrected chi connectivity index (χ4v) is 2.80. The zero-order chi connectivity index (χ0) is 20.1. The van der Waals surface area contributed by atoms with Crippen LogP contribution >= 0.6 is 0 Å². The number of hydrogen-bond donors (Lipinski definition) is 1. The second-order valence-electron chi connectivity index (χ2n) is 6.40. The zero-order valence-electron chi connectivity index (χ0n) is 16.2. The van der Waals surface area contributed by atoms with Crippen LogP contribution < -0.4 is 16.2 Å². The average Bonchev–Trinajstić information content (AvgIpc) is 2.98. The first-order valence-electron chi connectivity index (χ1n) is 8.50. The van der Waals surface area contributed by atoms with Crippen molar-refractivity contribution < 1.29 is 4.79 Å². The fourth-order valence-electron chi connectivity index (χ4n) is 2.80. The standard InChI is InChI=1S/C22H24N4O/c1-6-19(25(3)4)12-16-7-8-17(11-15(16)2)21-10-9-20(26(21)5)13-18(14-23)22(24)27/h6-13H,2H2,1,3-5H3,(H2,24,27)/b16-12-,18-13+,19-6?. The second-order valence-corrected chi connectivity index (χ2v) is 6.40. The van der Waals surface area contributed by atoms with Crippen molar-refractivity contribution in [2.75, 3.05) is 14.1 Å². The highest BCUT2D eigenvalue weighted by atomic mass is 16.1. The smallest absolute Gasteiger partial charge is 0.259 e. The van der Waals surface area contributed by atoms with Gasteiger partial charge in [0.05, 0.1) is 0 Å². The highest BCUT2D eigenvalue weighted by molar-refractivity contribution is 6.00. The summed E-state index contributed by atoms with van der Waals surface area (Å²) in [5, 5.41) is 11.0. The number of nitriles is 1. The Morgan fingerprint density at radius 1 is 1.30 bits per heavy atom. The normalized spacial score (nSPS) is 12.8. The molecule has 0 spiro atoms. The van der Waals surface area contributed by atoms with E-state index in [4.69, 9.17) is 11.0 Å². The molecule has 0 aliphatic rings. The van der Waals surface area contributed by atoms with Gasteiger partial charge in [-0.05, 0) is 53.3 Å². The molecule has 0 radical (unpaired) electrons. The molecule has 1 heterocycles. The molecule has 0 aliphatic heterocycles. The van der Waals surface area contributed by atoms with Crippen molar-refractivity contribution >= 4 is 24.6 Å². The molecule has 0 saturated heterocycles. The van der Waals surface area contributed by atoms with Crippen molar-refractivity contribution in [2.45, 2.75) is 6.92 Å². The van der Waals surface area contributed by atoms with Gasteiger partial charge in [-0.3, -0.25) is 4.79 Å². The number of primary amides is 1. The lowest BCUT2D eigenvalue weighted by Gasteiger charge is -2.13. The summed E-state index contributed by atoms with van der Waals surface area (Å²) in [4.78, 5) is 13.3. The lowest BCUT2D eigenvalue weighted by molar-refractivity contribution is -0.114. The lowest BCUT2D eigenvalue weighted by Crippen LogP contribution is -2.24. The minimum Gasteiger partial charge on any atom is -0.378 e. The van der Waals surface area contributed by atoms with E-state index in [-0.39, 0.29) is 5.57 Å². The van der Waals surface area contributed by atoms with E-state index in [1.54, 1.807) is 0 Å². The van der Waals surface area contributed by atoms with Gasteiger partial charge in [0.2, 0.25) is 0 Å². The van der Waals surface area contributed by atoms with Crippen LogP contribution in [0.2, 0.25) is 0 Å². The number of hydrogen-bond acceptors (Lipinski definition) is 3. The predicted octanol–water partition coefficient (Wildman–Crippen LogP) is 1.74. The molecule has 0 unspecified atom stereocenters. The summed E-state index contributed by atoms with van der Waals surface area (Å²) in [6.07, 6.45) is 5.64. The van der Waals surface area contributed by atoms with Crippen LogP contribution in [0.15, 0.2) is 47.7 Å². The van der Waals surface area contributed by atoms with Crippen molar-refractivity contribution in [1.29, 1.82) is 5.26 Å². The molecule has 0 fully saturated rings. The molecule has 2 N–H and O–H groups in total. The largest absolute Gasteiger partial charge is 0.378 e. The molecule has 0 bridgehead atoms. The molecule has 2 rings (SSSR count). The molecule has 1 aromatic heterocycles. The van der Waals surface area contributed by atoms with Gasteiger partial charge in [-0.1, -0.05) is 24.8 Å². The Morgan fingerprint density at radius 3 is 2.52 bits per heavy atom. The maximum absolute atomic E-state index is 11.3. The molecule has 1 amide bonds. The second kappa shape index (κ2) is 8.24. The first kappa shape index (κ1) is 19.8. The van der Waals surface area contributed by atoms with Gasteiger partial charge in [-0.15, -0.1) is 0 Å². The molecule has 138 valence electrons. The number of carbonyl (C=O) groups is 1. The highest BCUT2D eigenvalue weighted by Crippen LogP contribution is 2.21. The van der Waals surface area contributed by atoms with Gasteiger partial charge in [0.1, 0.15) is 11.6 Å². The number of nitrogens with two attached hydrogens (primary N) is 1. The number of allylic oxidation sites excluding steroid dienone is 2. The van der Waals surface area contributed by atoms with E-state index in [0.29, 0.717) is 0 Å². The third-order valence-corrected chi connectivity index (χ3v) is 4.39. The van der Waals surface area contributed by atoms with Crippen LogP contribution in [0.5, 0.6) is 0 Å². The Kier molecular flexibility index (Phi) is 6.04. The predicted molar refractivity (Wildman–Crippen MR) is 110 cm³/mol. The number of rotatable bonds is 5. The van der Waals surface area contributed by atoms with Gasteiger partial charge < -0.3 is 15.2 Å². The Balaban J connectivity index is 2.49. The Hall–Kier alpha value is -3.52. The van der Waals surface area contributed by atoms with Gasteiger partial charge in [0, 0.05) is 38.2 Å². The molecule has 1 aromatic carbocycles. The molecule has 5 heteroatoms. The lowest BCUT2D eigenvalue weighted by atomic mass is 10.1. The summed E-state index contributed by atoms with van der Waals surface area (Å²) in [7, 11) is 5.89.